The third-order valence-corrected chi connectivity index (χ3v) is 3.72. The van der Waals surface area contributed by atoms with Crippen LogP contribution < -0.4 is 10.6 Å². The number of halogens is 1. The number of carbonyl (C=O) groups is 1. The first kappa shape index (κ1) is 13.9. The Morgan fingerprint density at radius 1 is 1.29 bits per heavy atom. The Labute approximate surface area is 128 Å². The standard InChI is InChI=1S/C16H16ClN3O/c17-15-4-2-1-3-11(15)9-19-14-7-12(8-18-10-14)16(21)20-13-5-6-13/h1-4,7-8,10,13,19H,5-6,9H2,(H,20,21). The summed E-state index contributed by atoms with van der Waals surface area (Å²) in [6.45, 7) is 0.592. The van der Waals surface area contributed by atoms with Crippen molar-refractivity contribution in [1.82, 2.24) is 10.3 Å². The Hall–Kier alpha value is -2.07. The van der Waals surface area contributed by atoms with Crippen LogP contribution in [-0.2, 0) is 6.54 Å². The fraction of sp³-hybridized carbons (Fsp3) is 0.250. The summed E-state index contributed by atoms with van der Waals surface area (Å²) in [7, 11) is 0. The summed E-state index contributed by atoms with van der Waals surface area (Å²) in [4.78, 5) is 16.1. The van der Waals surface area contributed by atoms with Crippen molar-refractivity contribution >= 4 is 23.2 Å². The monoisotopic (exact) mass is 301 g/mol. The Kier molecular flexibility index (Phi) is 4.06. The van der Waals surface area contributed by atoms with Gasteiger partial charge in [0.25, 0.3) is 5.91 Å². The average molecular weight is 302 g/mol. The molecule has 1 aromatic carbocycles. The van der Waals surface area contributed by atoms with Crippen molar-refractivity contribution in [2.24, 2.45) is 0 Å². The highest BCUT2D eigenvalue weighted by atomic mass is 35.5. The first-order valence-corrected chi connectivity index (χ1v) is 7.33. The summed E-state index contributed by atoms with van der Waals surface area (Å²) < 4.78 is 0. The molecule has 0 bridgehead atoms. The van der Waals surface area contributed by atoms with E-state index in [0.29, 0.717) is 18.2 Å². The van der Waals surface area contributed by atoms with E-state index in [1.54, 1.807) is 12.4 Å². The van der Waals surface area contributed by atoms with E-state index in [0.717, 1.165) is 29.1 Å². The molecule has 21 heavy (non-hydrogen) atoms. The third-order valence-electron chi connectivity index (χ3n) is 3.35. The van der Waals surface area contributed by atoms with Gasteiger partial charge in [-0.1, -0.05) is 29.8 Å². The summed E-state index contributed by atoms with van der Waals surface area (Å²) >= 11 is 6.12. The number of anilines is 1. The van der Waals surface area contributed by atoms with Crippen LogP contribution in [-0.4, -0.2) is 16.9 Å². The van der Waals surface area contributed by atoms with E-state index in [1.165, 1.54) is 0 Å². The molecule has 0 saturated heterocycles. The van der Waals surface area contributed by atoms with Gasteiger partial charge < -0.3 is 10.6 Å². The van der Waals surface area contributed by atoms with Crippen LogP contribution in [0, 0.1) is 0 Å². The van der Waals surface area contributed by atoms with Gasteiger partial charge in [0.2, 0.25) is 0 Å². The summed E-state index contributed by atoms with van der Waals surface area (Å²) in [6.07, 6.45) is 5.43. The van der Waals surface area contributed by atoms with E-state index in [-0.39, 0.29) is 5.91 Å². The molecule has 0 aliphatic heterocycles. The topological polar surface area (TPSA) is 54.0 Å². The van der Waals surface area contributed by atoms with Crippen LogP contribution in [0.4, 0.5) is 5.69 Å². The van der Waals surface area contributed by atoms with Crippen LogP contribution in [0.15, 0.2) is 42.7 Å². The Balaban J connectivity index is 1.65. The number of carbonyl (C=O) groups excluding carboxylic acids is 1. The Morgan fingerprint density at radius 2 is 2.10 bits per heavy atom. The molecule has 1 amide bonds. The number of hydrogen-bond acceptors (Lipinski definition) is 3. The molecule has 0 atom stereocenters. The molecular weight excluding hydrogens is 286 g/mol. The quantitative estimate of drug-likeness (QED) is 0.891. The molecule has 1 aromatic heterocycles. The molecule has 5 heteroatoms. The molecule has 1 heterocycles. The summed E-state index contributed by atoms with van der Waals surface area (Å²) in [5.74, 6) is -0.0635. The predicted octanol–water partition coefficient (Wildman–Crippen LogP) is 3.24. The van der Waals surface area contributed by atoms with Gasteiger partial charge in [-0.05, 0) is 30.5 Å². The molecule has 108 valence electrons. The second-order valence-electron chi connectivity index (χ2n) is 5.15. The third kappa shape index (κ3) is 3.73. The van der Waals surface area contributed by atoms with Crippen LogP contribution in [0.5, 0.6) is 0 Å². The van der Waals surface area contributed by atoms with Crippen LogP contribution in [0.1, 0.15) is 28.8 Å². The molecule has 2 aromatic rings. The van der Waals surface area contributed by atoms with Crippen molar-refractivity contribution in [3.05, 3.63) is 58.9 Å². The molecule has 1 fully saturated rings. The highest BCUT2D eigenvalue weighted by molar-refractivity contribution is 6.31. The number of nitrogens with zero attached hydrogens (tertiary/aromatic N) is 1. The van der Waals surface area contributed by atoms with E-state index < -0.39 is 0 Å². The smallest absolute Gasteiger partial charge is 0.253 e. The summed E-state index contributed by atoms with van der Waals surface area (Å²) in [5.41, 5.74) is 2.39. The zero-order valence-corrected chi connectivity index (χ0v) is 12.2. The predicted molar refractivity (Wildman–Crippen MR) is 83.5 cm³/mol. The maximum Gasteiger partial charge on any atom is 0.253 e. The molecule has 1 aliphatic carbocycles. The zero-order chi connectivity index (χ0) is 14.7. The summed E-state index contributed by atoms with van der Waals surface area (Å²) in [6, 6.07) is 9.82. The lowest BCUT2D eigenvalue weighted by atomic mass is 10.2. The van der Waals surface area contributed by atoms with Gasteiger partial charge in [-0.2, -0.15) is 0 Å². The van der Waals surface area contributed by atoms with Crippen molar-refractivity contribution in [2.45, 2.75) is 25.4 Å². The minimum absolute atomic E-state index is 0.0635. The second-order valence-corrected chi connectivity index (χ2v) is 5.56. The minimum Gasteiger partial charge on any atom is -0.380 e. The molecule has 0 unspecified atom stereocenters. The molecule has 3 rings (SSSR count). The highest BCUT2D eigenvalue weighted by Crippen LogP contribution is 2.20. The van der Waals surface area contributed by atoms with Crippen molar-refractivity contribution < 1.29 is 4.79 Å². The van der Waals surface area contributed by atoms with Gasteiger partial charge in [0.05, 0.1) is 11.3 Å². The number of pyridine rings is 1. The van der Waals surface area contributed by atoms with Crippen LogP contribution in [0.3, 0.4) is 0 Å². The Bertz CT molecular complexity index is 655. The van der Waals surface area contributed by atoms with Crippen molar-refractivity contribution in [3.8, 4) is 0 Å². The van der Waals surface area contributed by atoms with Gasteiger partial charge in [0.1, 0.15) is 0 Å². The molecule has 0 radical (unpaired) electrons. The lowest BCUT2D eigenvalue weighted by Crippen LogP contribution is -2.25. The first-order chi connectivity index (χ1) is 10.2. The maximum atomic E-state index is 12.0. The maximum absolute atomic E-state index is 12.0. The lowest BCUT2D eigenvalue weighted by molar-refractivity contribution is 0.0951. The van der Waals surface area contributed by atoms with E-state index in [4.69, 9.17) is 11.6 Å². The number of hydrogen-bond donors (Lipinski definition) is 2. The summed E-state index contributed by atoms with van der Waals surface area (Å²) in [5, 5.41) is 6.91. The van der Waals surface area contributed by atoms with E-state index in [2.05, 4.69) is 15.6 Å². The number of nitrogens with one attached hydrogen (secondary N) is 2. The lowest BCUT2D eigenvalue weighted by Gasteiger charge is -2.09. The van der Waals surface area contributed by atoms with Gasteiger partial charge in [-0.25, -0.2) is 0 Å². The fourth-order valence-electron chi connectivity index (χ4n) is 2.00. The average Bonchev–Trinajstić information content (AvgIpc) is 3.31. The van der Waals surface area contributed by atoms with Crippen molar-refractivity contribution in [2.75, 3.05) is 5.32 Å². The van der Waals surface area contributed by atoms with Gasteiger partial charge >= 0.3 is 0 Å². The van der Waals surface area contributed by atoms with Crippen LogP contribution in [0.2, 0.25) is 5.02 Å². The first-order valence-electron chi connectivity index (χ1n) is 6.95. The van der Waals surface area contributed by atoms with Crippen molar-refractivity contribution in [3.63, 3.8) is 0 Å². The van der Waals surface area contributed by atoms with Crippen molar-refractivity contribution in [1.29, 1.82) is 0 Å². The van der Waals surface area contributed by atoms with Gasteiger partial charge in [0, 0.05) is 30.0 Å². The molecule has 2 N–H and O–H groups in total. The SMILES string of the molecule is O=C(NC1CC1)c1cncc(NCc2ccccc2Cl)c1. The Morgan fingerprint density at radius 3 is 2.86 bits per heavy atom. The van der Waals surface area contributed by atoms with Gasteiger partial charge in [0.15, 0.2) is 0 Å². The molecule has 1 saturated carbocycles. The number of aromatic nitrogens is 1. The number of amides is 1. The largest absolute Gasteiger partial charge is 0.380 e. The number of rotatable bonds is 5. The minimum atomic E-state index is -0.0635. The molecular formula is C16H16ClN3O. The second kappa shape index (κ2) is 6.14. The molecule has 4 nitrogen and oxygen atoms in total. The zero-order valence-electron chi connectivity index (χ0n) is 11.5. The molecule has 0 spiro atoms. The van der Waals surface area contributed by atoms with E-state index >= 15 is 0 Å². The van der Waals surface area contributed by atoms with Gasteiger partial charge in [-0.3, -0.25) is 9.78 Å². The van der Waals surface area contributed by atoms with E-state index in [1.807, 2.05) is 30.3 Å². The molecule has 1 aliphatic rings. The fourth-order valence-corrected chi connectivity index (χ4v) is 2.20. The van der Waals surface area contributed by atoms with E-state index in [9.17, 15) is 4.79 Å². The van der Waals surface area contributed by atoms with Crippen LogP contribution in [0.25, 0.3) is 0 Å². The highest BCUT2D eigenvalue weighted by Gasteiger charge is 2.23. The number of benzene rings is 1. The normalized spacial score (nSPS) is 13.8. The van der Waals surface area contributed by atoms with Gasteiger partial charge in [-0.15, -0.1) is 0 Å². The van der Waals surface area contributed by atoms with Crippen LogP contribution >= 0.6 is 11.6 Å².